The summed E-state index contributed by atoms with van der Waals surface area (Å²) in [6.45, 7) is 10.8. The molecule has 1 unspecified atom stereocenters. The highest BCUT2D eigenvalue weighted by atomic mass is 32.2. The number of thioether (sulfide) groups is 1. The first-order valence-electron chi connectivity index (χ1n) is 10.0. The molecule has 0 bridgehead atoms. The lowest BCUT2D eigenvalue weighted by atomic mass is 10.1. The van der Waals surface area contributed by atoms with Gasteiger partial charge in [0.15, 0.2) is 17.1 Å². The molecule has 0 aliphatic rings. The van der Waals surface area contributed by atoms with Crippen LogP contribution in [0, 0.1) is 20.8 Å². The topological polar surface area (TPSA) is 69.0 Å². The zero-order valence-corrected chi connectivity index (χ0v) is 18.9. The van der Waals surface area contributed by atoms with Gasteiger partial charge in [0.05, 0.1) is 5.75 Å². The minimum atomic E-state index is -0.255. The normalized spacial score (nSPS) is 11.9. The standard InChI is InChI=1S/C23H28N4O2S/c1-6-27-22(18(5)29-20-11-10-16(3)17(4)13-20)25-26-23(27)30-14-21(28)24-19-9-7-8-15(2)12-19/h7-13,18H,6,14H2,1-5H3,(H,24,28). The number of benzene rings is 2. The summed E-state index contributed by atoms with van der Waals surface area (Å²) in [6, 6.07) is 13.8. The van der Waals surface area contributed by atoms with Gasteiger partial charge in [-0.25, -0.2) is 0 Å². The fourth-order valence-corrected chi connectivity index (χ4v) is 3.91. The first kappa shape index (κ1) is 21.9. The predicted molar refractivity (Wildman–Crippen MR) is 121 cm³/mol. The lowest BCUT2D eigenvalue weighted by molar-refractivity contribution is -0.113. The maximum Gasteiger partial charge on any atom is 0.234 e. The number of nitrogens with zero attached hydrogens (tertiary/aromatic N) is 3. The monoisotopic (exact) mass is 424 g/mol. The Morgan fingerprint density at radius 2 is 1.93 bits per heavy atom. The molecule has 2 aromatic carbocycles. The van der Waals surface area contributed by atoms with Gasteiger partial charge in [-0.15, -0.1) is 10.2 Å². The highest BCUT2D eigenvalue weighted by Crippen LogP contribution is 2.26. The van der Waals surface area contributed by atoms with Crippen LogP contribution in [-0.4, -0.2) is 26.4 Å². The van der Waals surface area contributed by atoms with Crippen LogP contribution in [0.5, 0.6) is 5.75 Å². The van der Waals surface area contributed by atoms with Crippen molar-refractivity contribution >= 4 is 23.4 Å². The highest BCUT2D eigenvalue weighted by Gasteiger charge is 2.19. The van der Waals surface area contributed by atoms with Crippen molar-refractivity contribution in [2.75, 3.05) is 11.1 Å². The highest BCUT2D eigenvalue weighted by molar-refractivity contribution is 7.99. The summed E-state index contributed by atoms with van der Waals surface area (Å²) >= 11 is 1.37. The first-order chi connectivity index (χ1) is 14.4. The van der Waals surface area contributed by atoms with Crippen LogP contribution in [0.2, 0.25) is 0 Å². The summed E-state index contributed by atoms with van der Waals surface area (Å²) < 4.78 is 8.09. The number of nitrogens with one attached hydrogen (secondary N) is 1. The summed E-state index contributed by atoms with van der Waals surface area (Å²) in [7, 11) is 0. The fraction of sp³-hybridized carbons (Fsp3) is 0.348. The smallest absolute Gasteiger partial charge is 0.234 e. The van der Waals surface area contributed by atoms with Crippen molar-refractivity contribution in [2.45, 2.75) is 52.4 Å². The average Bonchev–Trinajstić information content (AvgIpc) is 3.12. The summed E-state index contributed by atoms with van der Waals surface area (Å²) in [5.41, 5.74) is 4.32. The zero-order chi connectivity index (χ0) is 21.7. The molecule has 30 heavy (non-hydrogen) atoms. The molecule has 0 saturated heterocycles. The average molecular weight is 425 g/mol. The summed E-state index contributed by atoms with van der Waals surface area (Å²) in [6.07, 6.45) is -0.255. The van der Waals surface area contributed by atoms with E-state index in [1.165, 1.54) is 22.9 Å². The second-order valence-corrected chi connectivity index (χ2v) is 8.24. The lowest BCUT2D eigenvalue weighted by Gasteiger charge is -2.16. The molecule has 1 heterocycles. The van der Waals surface area contributed by atoms with E-state index in [1.807, 2.05) is 61.7 Å². The quantitative estimate of drug-likeness (QED) is 0.510. The number of ether oxygens (including phenoxy) is 1. The number of anilines is 1. The Balaban J connectivity index is 1.64. The van der Waals surface area contributed by atoms with Crippen molar-refractivity contribution in [3.05, 3.63) is 65.0 Å². The molecular weight excluding hydrogens is 396 g/mol. The van der Waals surface area contributed by atoms with E-state index in [2.05, 4.69) is 35.4 Å². The molecule has 1 N–H and O–H groups in total. The molecular formula is C23H28N4O2S. The number of carbonyl (C=O) groups excluding carboxylic acids is 1. The van der Waals surface area contributed by atoms with Gasteiger partial charge in [0.1, 0.15) is 5.75 Å². The SMILES string of the molecule is CCn1c(SCC(=O)Nc2cccc(C)c2)nnc1C(C)Oc1ccc(C)c(C)c1. The van der Waals surface area contributed by atoms with Crippen molar-refractivity contribution in [1.29, 1.82) is 0 Å². The summed E-state index contributed by atoms with van der Waals surface area (Å²) in [5, 5.41) is 12.3. The maximum atomic E-state index is 12.3. The molecule has 7 heteroatoms. The number of rotatable bonds is 8. The van der Waals surface area contributed by atoms with Gasteiger partial charge in [-0.05, 0) is 75.6 Å². The largest absolute Gasteiger partial charge is 0.483 e. The van der Waals surface area contributed by atoms with Crippen LogP contribution < -0.4 is 10.1 Å². The molecule has 1 atom stereocenters. The second kappa shape index (κ2) is 9.80. The van der Waals surface area contributed by atoms with E-state index in [1.54, 1.807) is 0 Å². The third-order valence-corrected chi connectivity index (χ3v) is 5.82. The minimum absolute atomic E-state index is 0.0720. The maximum absolute atomic E-state index is 12.3. The van der Waals surface area contributed by atoms with Gasteiger partial charge < -0.3 is 14.6 Å². The van der Waals surface area contributed by atoms with Crippen LogP contribution >= 0.6 is 11.8 Å². The van der Waals surface area contributed by atoms with E-state index in [4.69, 9.17) is 4.74 Å². The van der Waals surface area contributed by atoms with E-state index < -0.39 is 0 Å². The minimum Gasteiger partial charge on any atom is -0.483 e. The summed E-state index contributed by atoms with van der Waals surface area (Å²) in [4.78, 5) is 12.3. The Labute approximate surface area is 182 Å². The van der Waals surface area contributed by atoms with Gasteiger partial charge in [-0.2, -0.15) is 0 Å². The second-order valence-electron chi connectivity index (χ2n) is 7.30. The zero-order valence-electron chi connectivity index (χ0n) is 18.1. The Morgan fingerprint density at radius 3 is 2.63 bits per heavy atom. The van der Waals surface area contributed by atoms with Gasteiger partial charge in [-0.3, -0.25) is 4.79 Å². The van der Waals surface area contributed by atoms with Gasteiger partial charge >= 0.3 is 0 Å². The van der Waals surface area contributed by atoms with Crippen LogP contribution in [0.4, 0.5) is 5.69 Å². The van der Waals surface area contributed by atoms with Crippen molar-refractivity contribution in [1.82, 2.24) is 14.8 Å². The van der Waals surface area contributed by atoms with E-state index in [9.17, 15) is 4.79 Å². The fourth-order valence-electron chi connectivity index (χ4n) is 3.10. The molecule has 0 aliphatic carbocycles. The van der Waals surface area contributed by atoms with Crippen LogP contribution in [0.15, 0.2) is 47.6 Å². The Hall–Kier alpha value is -2.80. The molecule has 3 aromatic rings. The Kier molecular flexibility index (Phi) is 7.15. The van der Waals surface area contributed by atoms with Crippen LogP contribution in [-0.2, 0) is 11.3 Å². The Morgan fingerprint density at radius 1 is 1.13 bits per heavy atom. The number of hydrogen-bond donors (Lipinski definition) is 1. The van der Waals surface area contributed by atoms with E-state index >= 15 is 0 Å². The predicted octanol–water partition coefficient (Wildman–Crippen LogP) is 5.09. The molecule has 1 aromatic heterocycles. The molecule has 6 nitrogen and oxygen atoms in total. The number of aromatic nitrogens is 3. The molecule has 0 fully saturated rings. The number of hydrogen-bond acceptors (Lipinski definition) is 5. The van der Waals surface area contributed by atoms with Crippen molar-refractivity contribution in [3.63, 3.8) is 0 Å². The molecule has 0 radical (unpaired) electrons. The van der Waals surface area contributed by atoms with Gasteiger partial charge in [0, 0.05) is 12.2 Å². The number of carbonyl (C=O) groups is 1. The first-order valence-corrected chi connectivity index (χ1v) is 11.0. The molecule has 0 spiro atoms. The van der Waals surface area contributed by atoms with Crippen molar-refractivity contribution in [3.8, 4) is 5.75 Å². The van der Waals surface area contributed by atoms with Crippen LogP contribution in [0.1, 0.15) is 42.5 Å². The molecule has 0 saturated carbocycles. The number of amides is 1. The van der Waals surface area contributed by atoms with E-state index in [-0.39, 0.29) is 17.8 Å². The molecule has 1 amide bonds. The van der Waals surface area contributed by atoms with Crippen molar-refractivity contribution < 1.29 is 9.53 Å². The Bertz CT molecular complexity index is 1030. The third kappa shape index (κ3) is 5.42. The third-order valence-electron chi connectivity index (χ3n) is 4.85. The van der Waals surface area contributed by atoms with Gasteiger partial charge in [-0.1, -0.05) is 30.0 Å². The van der Waals surface area contributed by atoms with Crippen LogP contribution in [0.25, 0.3) is 0 Å². The van der Waals surface area contributed by atoms with Crippen molar-refractivity contribution in [2.24, 2.45) is 0 Å². The van der Waals surface area contributed by atoms with Gasteiger partial charge in [0.2, 0.25) is 5.91 Å². The number of aryl methyl sites for hydroxylation is 3. The molecule has 3 rings (SSSR count). The van der Waals surface area contributed by atoms with E-state index in [0.717, 1.165) is 22.8 Å². The molecule has 0 aliphatic heterocycles. The summed E-state index contributed by atoms with van der Waals surface area (Å²) in [5.74, 6) is 1.75. The molecule has 158 valence electrons. The lowest BCUT2D eigenvalue weighted by Crippen LogP contribution is -2.15. The van der Waals surface area contributed by atoms with Gasteiger partial charge in [0.25, 0.3) is 0 Å². The van der Waals surface area contributed by atoms with Crippen LogP contribution in [0.3, 0.4) is 0 Å². The van der Waals surface area contributed by atoms with E-state index in [0.29, 0.717) is 11.7 Å².